The summed E-state index contributed by atoms with van der Waals surface area (Å²) in [5.41, 5.74) is 0.550. The van der Waals surface area contributed by atoms with Crippen molar-refractivity contribution in [2.45, 2.75) is 64.8 Å². The van der Waals surface area contributed by atoms with Crippen LogP contribution in [-0.4, -0.2) is 12.6 Å². The highest BCUT2D eigenvalue weighted by Gasteiger charge is 2.27. The van der Waals surface area contributed by atoms with Gasteiger partial charge in [0.25, 0.3) is 0 Å². The number of rotatable bonds is 5. The summed E-state index contributed by atoms with van der Waals surface area (Å²) in [5, 5.41) is 3.67. The van der Waals surface area contributed by atoms with Gasteiger partial charge in [-0.3, -0.25) is 0 Å². The molecule has 15 heavy (non-hydrogen) atoms. The molecule has 1 nitrogen and oxygen atoms in total. The molecule has 1 saturated carbocycles. The van der Waals surface area contributed by atoms with Crippen LogP contribution in [0.15, 0.2) is 0 Å². The van der Waals surface area contributed by atoms with Crippen LogP contribution in [0.2, 0.25) is 0 Å². The van der Waals surface area contributed by atoms with Crippen molar-refractivity contribution in [1.82, 2.24) is 5.32 Å². The first-order chi connectivity index (χ1) is 7.14. The van der Waals surface area contributed by atoms with Gasteiger partial charge in [0.1, 0.15) is 0 Å². The maximum atomic E-state index is 5.22. The van der Waals surface area contributed by atoms with Crippen molar-refractivity contribution in [3.8, 4) is 12.3 Å². The maximum Gasteiger partial charge on any atom is 0.00865 e. The average molecular weight is 207 g/mol. The van der Waals surface area contributed by atoms with Crippen molar-refractivity contribution < 1.29 is 0 Å². The first-order valence-corrected chi connectivity index (χ1v) is 6.31. The largest absolute Gasteiger partial charge is 0.314 e. The summed E-state index contributed by atoms with van der Waals surface area (Å²) < 4.78 is 0. The molecule has 0 amide bonds. The van der Waals surface area contributed by atoms with E-state index in [-0.39, 0.29) is 0 Å². The summed E-state index contributed by atoms with van der Waals surface area (Å²) in [5.74, 6) is 2.69. The second-order valence-electron chi connectivity index (χ2n) is 5.57. The van der Waals surface area contributed by atoms with Crippen molar-refractivity contribution in [3.63, 3.8) is 0 Å². The highest BCUT2D eigenvalue weighted by atomic mass is 14.9. The van der Waals surface area contributed by atoms with Gasteiger partial charge in [-0.15, -0.1) is 12.3 Å². The molecule has 0 bridgehead atoms. The molecule has 1 N–H and O–H groups in total. The zero-order valence-corrected chi connectivity index (χ0v) is 10.3. The van der Waals surface area contributed by atoms with E-state index in [4.69, 9.17) is 6.42 Å². The molecule has 0 spiro atoms. The van der Waals surface area contributed by atoms with E-state index in [1.807, 2.05) is 0 Å². The Kier molecular flexibility index (Phi) is 5.19. The Labute approximate surface area is 95.0 Å². The van der Waals surface area contributed by atoms with Gasteiger partial charge in [-0.1, -0.05) is 20.3 Å². The van der Waals surface area contributed by atoms with Crippen molar-refractivity contribution >= 4 is 0 Å². The smallest absolute Gasteiger partial charge is 0.00865 e. The van der Waals surface area contributed by atoms with Gasteiger partial charge >= 0.3 is 0 Å². The molecule has 0 aromatic rings. The lowest BCUT2D eigenvalue weighted by Crippen LogP contribution is -2.37. The van der Waals surface area contributed by atoms with E-state index in [0.717, 1.165) is 19.0 Å². The van der Waals surface area contributed by atoms with Crippen LogP contribution in [0.5, 0.6) is 0 Å². The number of hydrogen-bond acceptors (Lipinski definition) is 1. The minimum atomic E-state index is 0.550. The fraction of sp³-hybridized carbons (Fsp3) is 0.857. The number of hydrogen-bond donors (Lipinski definition) is 1. The summed E-state index contributed by atoms with van der Waals surface area (Å²) in [6, 6.07) is 0.750. The fourth-order valence-corrected chi connectivity index (χ4v) is 2.53. The monoisotopic (exact) mass is 207 g/mol. The first kappa shape index (κ1) is 12.6. The van der Waals surface area contributed by atoms with Gasteiger partial charge in [-0.25, -0.2) is 0 Å². The number of unbranched alkanes of at least 4 members (excludes halogenated alkanes) is 2. The zero-order chi connectivity index (χ0) is 11.1. The van der Waals surface area contributed by atoms with Gasteiger partial charge < -0.3 is 5.32 Å². The molecular weight excluding hydrogens is 182 g/mol. The third kappa shape index (κ3) is 5.23. The third-order valence-electron chi connectivity index (χ3n) is 3.39. The highest BCUT2D eigenvalue weighted by Crippen LogP contribution is 2.34. The van der Waals surface area contributed by atoms with Gasteiger partial charge in [-0.05, 0) is 44.1 Å². The topological polar surface area (TPSA) is 12.0 Å². The molecule has 1 atom stereocenters. The van der Waals surface area contributed by atoms with Gasteiger partial charge in [0, 0.05) is 12.5 Å². The van der Waals surface area contributed by atoms with Gasteiger partial charge in [-0.2, -0.15) is 0 Å². The second-order valence-corrected chi connectivity index (χ2v) is 5.57. The molecule has 0 heterocycles. The molecule has 0 aliphatic heterocycles. The van der Waals surface area contributed by atoms with E-state index >= 15 is 0 Å². The third-order valence-corrected chi connectivity index (χ3v) is 3.39. The number of terminal acetylenes is 1. The van der Waals surface area contributed by atoms with Crippen LogP contribution in [0.3, 0.4) is 0 Å². The lowest BCUT2D eigenvalue weighted by Gasteiger charge is -2.35. The Balaban J connectivity index is 2.08. The summed E-state index contributed by atoms with van der Waals surface area (Å²) in [4.78, 5) is 0. The Morgan fingerprint density at radius 2 is 2.20 bits per heavy atom. The summed E-state index contributed by atoms with van der Waals surface area (Å²) >= 11 is 0. The van der Waals surface area contributed by atoms with Crippen LogP contribution in [-0.2, 0) is 0 Å². The standard InChI is InChI=1S/C14H25N/c1-4-5-6-7-11-15-13-9-8-10-14(2,3)12-13/h1,13,15H,5-12H2,2-3H3. The average Bonchev–Trinajstić information content (AvgIpc) is 2.16. The summed E-state index contributed by atoms with van der Waals surface area (Å²) in [6.45, 7) is 5.92. The van der Waals surface area contributed by atoms with E-state index in [0.29, 0.717) is 5.41 Å². The molecule has 1 fully saturated rings. The molecule has 1 aliphatic rings. The van der Waals surface area contributed by atoms with Crippen LogP contribution in [0.25, 0.3) is 0 Å². The molecular formula is C14H25N. The first-order valence-electron chi connectivity index (χ1n) is 6.31. The molecule has 0 saturated heterocycles. The molecule has 1 heteroatoms. The lowest BCUT2D eigenvalue weighted by atomic mass is 9.75. The molecule has 0 aromatic carbocycles. The fourth-order valence-electron chi connectivity index (χ4n) is 2.53. The van der Waals surface area contributed by atoms with Gasteiger partial charge in [0.15, 0.2) is 0 Å². The van der Waals surface area contributed by atoms with Crippen LogP contribution < -0.4 is 5.32 Å². The van der Waals surface area contributed by atoms with E-state index in [2.05, 4.69) is 25.1 Å². The molecule has 0 aromatic heterocycles. The number of nitrogens with one attached hydrogen (secondary N) is 1. The van der Waals surface area contributed by atoms with E-state index < -0.39 is 0 Å². The molecule has 1 unspecified atom stereocenters. The van der Waals surface area contributed by atoms with Crippen molar-refractivity contribution in [3.05, 3.63) is 0 Å². The van der Waals surface area contributed by atoms with E-state index in [1.165, 1.54) is 38.5 Å². The van der Waals surface area contributed by atoms with Gasteiger partial charge in [0.2, 0.25) is 0 Å². The minimum Gasteiger partial charge on any atom is -0.314 e. The maximum absolute atomic E-state index is 5.22. The van der Waals surface area contributed by atoms with Crippen LogP contribution in [0.1, 0.15) is 58.8 Å². The second kappa shape index (κ2) is 6.18. The Morgan fingerprint density at radius 3 is 2.87 bits per heavy atom. The molecule has 86 valence electrons. The lowest BCUT2D eigenvalue weighted by molar-refractivity contribution is 0.198. The van der Waals surface area contributed by atoms with Gasteiger partial charge in [0.05, 0.1) is 0 Å². The zero-order valence-electron chi connectivity index (χ0n) is 10.3. The van der Waals surface area contributed by atoms with Crippen molar-refractivity contribution in [2.75, 3.05) is 6.54 Å². The van der Waals surface area contributed by atoms with Crippen LogP contribution >= 0.6 is 0 Å². The SMILES string of the molecule is C#CCCCCNC1CCCC(C)(C)C1. The Bertz CT molecular complexity index is 212. The highest BCUT2D eigenvalue weighted by molar-refractivity contribution is 4.84. The summed E-state index contributed by atoms with van der Waals surface area (Å²) in [6.07, 6.45) is 14.0. The predicted molar refractivity (Wildman–Crippen MR) is 66.7 cm³/mol. The Hall–Kier alpha value is -0.480. The molecule has 1 rings (SSSR count). The molecule has 1 aliphatic carbocycles. The van der Waals surface area contributed by atoms with E-state index in [9.17, 15) is 0 Å². The van der Waals surface area contributed by atoms with Crippen LogP contribution in [0.4, 0.5) is 0 Å². The van der Waals surface area contributed by atoms with Crippen LogP contribution in [0, 0.1) is 17.8 Å². The predicted octanol–water partition coefficient (Wildman–Crippen LogP) is 3.35. The quantitative estimate of drug-likeness (QED) is 0.538. The summed E-state index contributed by atoms with van der Waals surface area (Å²) in [7, 11) is 0. The molecule has 0 radical (unpaired) electrons. The van der Waals surface area contributed by atoms with Crippen molar-refractivity contribution in [1.29, 1.82) is 0 Å². The van der Waals surface area contributed by atoms with E-state index in [1.54, 1.807) is 0 Å². The minimum absolute atomic E-state index is 0.550. The van der Waals surface area contributed by atoms with Crippen molar-refractivity contribution in [2.24, 2.45) is 5.41 Å². The Morgan fingerprint density at radius 1 is 1.40 bits per heavy atom. The normalized spacial score (nSPS) is 24.7.